The number of benzene rings is 1. The molecule has 0 fully saturated rings. The number of ether oxygens (including phenoxy) is 1. The maximum absolute atomic E-state index is 5.97. The Morgan fingerprint density at radius 3 is 2.94 bits per heavy atom. The quantitative estimate of drug-likeness (QED) is 0.759. The van der Waals surface area contributed by atoms with Gasteiger partial charge in [-0.05, 0) is 37.2 Å². The Bertz CT molecular complexity index is 366. The summed E-state index contributed by atoms with van der Waals surface area (Å²) in [5.74, 6) is 0.841. The highest BCUT2D eigenvalue weighted by molar-refractivity contribution is 6.30. The summed E-state index contributed by atoms with van der Waals surface area (Å²) in [6.07, 6.45) is 2.85. The van der Waals surface area contributed by atoms with Crippen LogP contribution in [0.5, 0.6) is 5.75 Å². The monoisotopic (exact) mass is 273 g/mol. The van der Waals surface area contributed by atoms with Crippen molar-refractivity contribution < 1.29 is 4.74 Å². The van der Waals surface area contributed by atoms with Crippen LogP contribution in [0, 0.1) is 0 Å². The number of halogens is 2. The lowest BCUT2D eigenvalue weighted by Crippen LogP contribution is -2.14. The molecule has 0 saturated carbocycles. The fourth-order valence-electron chi connectivity index (χ4n) is 1.40. The Balaban J connectivity index is 2.65. The molecule has 0 amide bonds. The first-order valence-electron chi connectivity index (χ1n) is 5.65. The Labute approximate surface area is 113 Å². The van der Waals surface area contributed by atoms with E-state index < -0.39 is 0 Å². The van der Waals surface area contributed by atoms with Gasteiger partial charge in [-0.15, -0.1) is 0 Å². The van der Waals surface area contributed by atoms with Gasteiger partial charge in [0, 0.05) is 22.7 Å². The second-order valence-electron chi connectivity index (χ2n) is 3.60. The first-order valence-corrected chi connectivity index (χ1v) is 6.46. The van der Waals surface area contributed by atoms with Crippen LogP contribution in [-0.4, -0.2) is 13.2 Å². The summed E-state index contributed by atoms with van der Waals surface area (Å²) in [5, 5.41) is 4.05. The van der Waals surface area contributed by atoms with Crippen LogP contribution in [0.3, 0.4) is 0 Å². The number of hydrogen-bond acceptors (Lipinski definition) is 2. The zero-order valence-corrected chi connectivity index (χ0v) is 11.4. The smallest absolute Gasteiger partial charge is 0.124 e. The fraction of sp³-hybridized carbons (Fsp3) is 0.385. The molecule has 1 aromatic rings. The molecule has 0 bridgehead atoms. The molecule has 0 heterocycles. The summed E-state index contributed by atoms with van der Waals surface area (Å²) in [4.78, 5) is 0. The van der Waals surface area contributed by atoms with E-state index in [0.717, 1.165) is 35.8 Å². The Morgan fingerprint density at radius 2 is 2.24 bits per heavy atom. The molecule has 4 heteroatoms. The lowest BCUT2D eigenvalue weighted by atomic mass is 10.2. The molecule has 0 radical (unpaired) electrons. The zero-order chi connectivity index (χ0) is 12.5. The molecule has 17 heavy (non-hydrogen) atoms. The van der Waals surface area contributed by atoms with E-state index in [4.69, 9.17) is 27.9 Å². The summed E-state index contributed by atoms with van der Waals surface area (Å²) < 4.78 is 5.59. The van der Waals surface area contributed by atoms with Crippen LogP contribution in [0.1, 0.15) is 18.9 Å². The van der Waals surface area contributed by atoms with E-state index >= 15 is 0 Å². The highest BCUT2D eigenvalue weighted by Crippen LogP contribution is 2.22. The predicted octanol–water partition coefficient (Wildman–Crippen LogP) is 3.97. The van der Waals surface area contributed by atoms with Crippen molar-refractivity contribution in [2.75, 3.05) is 13.2 Å². The molecule has 0 aliphatic carbocycles. The van der Waals surface area contributed by atoms with Crippen LogP contribution >= 0.6 is 23.2 Å². The summed E-state index contributed by atoms with van der Waals surface area (Å²) in [7, 11) is 0. The largest absolute Gasteiger partial charge is 0.489 e. The molecule has 2 nitrogen and oxygen atoms in total. The van der Waals surface area contributed by atoms with Crippen molar-refractivity contribution in [1.82, 2.24) is 5.32 Å². The molecule has 94 valence electrons. The van der Waals surface area contributed by atoms with E-state index in [0.29, 0.717) is 6.61 Å². The van der Waals surface area contributed by atoms with Crippen molar-refractivity contribution in [2.24, 2.45) is 0 Å². The number of nitrogens with one attached hydrogen (secondary N) is 1. The van der Waals surface area contributed by atoms with Crippen molar-refractivity contribution in [3.05, 3.63) is 40.4 Å². The molecule has 1 aromatic carbocycles. The average Bonchev–Trinajstić information content (AvgIpc) is 2.32. The van der Waals surface area contributed by atoms with Crippen LogP contribution in [0.25, 0.3) is 0 Å². The third-order valence-electron chi connectivity index (χ3n) is 2.19. The Morgan fingerprint density at radius 1 is 1.41 bits per heavy atom. The van der Waals surface area contributed by atoms with Crippen molar-refractivity contribution in [3.8, 4) is 5.75 Å². The van der Waals surface area contributed by atoms with Gasteiger partial charge < -0.3 is 10.1 Å². The molecule has 0 saturated heterocycles. The molecule has 0 aromatic heterocycles. The van der Waals surface area contributed by atoms with Gasteiger partial charge >= 0.3 is 0 Å². The lowest BCUT2D eigenvalue weighted by Gasteiger charge is -2.11. The predicted molar refractivity (Wildman–Crippen MR) is 73.9 cm³/mol. The topological polar surface area (TPSA) is 21.3 Å². The number of rotatable bonds is 7. The Kier molecular flexibility index (Phi) is 7.10. The van der Waals surface area contributed by atoms with Crippen LogP contribution in [0.4, 0.5) is 0 Å². The molecule has 0 spiro atoms. The second kappa shape index (κ2) is 8.40. The second-order valence-corrected chi connectivity index (χ2v) is 4.29. The first kappa shape index (κ1) is 14.4. The molecular weight excluding hydrogens is 257 g/mol. The lowest BCUT2D eigenvalue weighted by molar-refractivity contribution is 0.357. The van der Waals surface area contributed by atoms with E-state index in [1.54, 1.807) is 6.08 Å². The first-order chi connectivity index (χ1) is 8.27. The van der Waals surface area contributed by atoms with E-state index in [1.165, 1.54) is 5.54 Å². The van der Waals surface area contributed by atoms with E-state index in [-0.39, 0.29) is 0 Å². The SMILES string of the molecule is CCCNCc1cc(Cl)ccc1OC/C=C/Cl. The highest BCUT2D eigenvalue weighted by Gasteiger charge is 2.03. The number of hydrogen-bond donors (Lipinski definition) is 1. The summed E-state index contributed by atoms with van der Waals surface area (Å²) in [6, 6.07) is 5.63. The molecule has 0 aliphatic rings. The van der Waals surface area contributed by atoms with Gasteiger partial charge in [0.05, 0.1) is 0 Å². The van der Waals surface area contributed by atoms with Crippen LogP contribution < -0.4 is 10.1 Å². The van der Waals surface area contributed by atoms with Gasteiger partial charge in [0.25, 0.3) is 0 Å². The molecule has 0 atom stereocenters. The standard InChI is InChI=1S/C13H17Cl2NO/c1-2-7-16-10-11-9-12(15)4-5-13(11)17-8-3-6-14/h3-6,9,16H,2,7-8,10H2,1H3/b6-3+. The zero-order valence-electron chi connectivity index (χ0n) is 9.88. The summed E-state index contributed by atoms with van der Waals surface area (Å²) in [6.45, 7) is 4.33. The molecule has 0 unspecified atom stereocenters. The van der Waals surface area contributed by atoms with Gasteiger partial charge in [0.1, 0.15) is 12.4 Å². The van der Waals surface area contributed by atoms with E-state index in [9.17, 15) is 0 Å². The van der Waals surface area contributed by atoms with Crippen molar-refractivity contribution >= 4 is 23.2 Å². The van der Waals surface area contributed by atoms with Gasteiger partial charge in [-0.3, -0.25) is 0 Å². The van der Waals surface area contributed by atoms with Gasteiger partial charge in [-0.2, -0.15) is 0 Å². The van der Waals surface area contributed by atoms with Crippen molar-refractivity contribution in [3.63, 3.8) is 0 Å². The van der Waals surface area contributed by atoms with Crippen molar-refractivity contribution in [1.29, 1.82) is 0 Å². The van der Waals surface area contributed by atoms with Gasteiger partial charge in [0.2, 0.25) is 0 Å². The maximum atomic E-state index is 5.97. The molecule has 1 rings (SSSR count). The maximum Gasteiger partial charge on any atom is 0.124 e. The minimum atomic E-state index is 0.464. The van der Waals surface area contributed by atoms with E-state index in [2.05, 4.69) is 12.2 Å². The fourth-order valence-corrected chi connectivity index (χ4v) is 1.67. The third-order valence-corrected chi connectivity index (χ3v) is 2.60. The molecule has 0 aliphatic heterocycles. The third kappa shape index (κ3) is 5.44. The van der Waals surface area contributed by atoms with Crippen LogP contribution in [0.15, 0.2) is 29.8 Å². The van der Waals surface area contributed by atoms with Gasteiger partial charge in [-0.25, -0.2) is 0 Å². The average molecular weight is 274 g/mol. The normalized spacial score (nSPS) is 11.0. The summed E-state index contributed by atoms with van der Waals surface area (Å²) >= 11 is 11.4. The van der Waals surface area contributed by atoms with Gasteiger partial charge in [0.15, 0.2) is 0 Å². The highest BCUT2D eigenvalue weighted by atomic mass is 35.5. The van der Waals surface area contributed by atoms with Crippen molar-refractivity contribution in [2.45, 2.75) is 19.9 Å². The van der Waals surface area contributed by atoms with Crippen LogP contribution in [0.2, 0.25) is 5.02 Å². The minimum absolute atomic E-state index is 0.464. The van der Waals surface area contributed by atoms with E-state index in [1.807, 2.05) is 18.2 Å². The van der Waals surface area contributed by atoms with Crippen LogP contribution in [-0.2, 0) is 6.54 Å². The molecular formula is C13H17Cl2NO. The minimum Gasteiger partial charge on any atom is -0.489 e. The van der Waals surface area contributed by atoms with Gasteiger partial charge in [-0.1, -0.05) is 30.1 Å². The Hall–Kier alpha value is -0.700. The molecule has 1 N–H and O–H groups in total. The summed E-state index contributed by atoms with van der Waals surface area (Å²) in [5.41, 5.74) is 2.51.